The van der Waals surface area contributed by atoms with Crippen molar-refractivity contribution in [3.05, 3.63) is 69.8 Å². The van der Waals surface area contributed by atoms with Crippen molar-refractivity contribution in [1.82, 2.24) is 4.31 Å². The minimum atomic E-state index is -3.72. The second kappa shape index (κ2) is 7.55. The maximum absolute atomic E-state index is 13.2. The Hall–Kier alpha value is -2.25. The summed E-state index contributed by atoms with van der Waals surface area (Å²) in [6.07, 6.45) is 3.56. The van der Waals surface area contributed by atoms with Crippen molar-refractivity contribution in [2.45, 2.75) is 43.5 Å². The van der Waals surface area contributed by atoms with E-state index in [9.17, 15) is 18.5 Å². The standard InChI is InChI=1S/C19H22N2O4S/c1-15-6-8-16(9-7-15)19-5-3-2-4-14-20(19)26(24,25)18-12-10-17(11-13-18)21(22)23/h6-13,19H,2-5,14H2,1H3/t19-/m0/s1. The molecule has 1 heterocycles. The van der Waals surface area contributed by atoms with Crippen LogP contribution in [-0.2, 0) is 10.0 Å². The quantitative estimate of drug-likeness (QED) is 0.593. The third-order valence-electron chi connectivity index (χ3n) is 4.82. The summed E-state index contributed by atoms with van der Waals surface area (Å²) in [4.78, 5) is 10.4. The third-order valence-corrected chi connectivity index (χ3v) is 6.74. The zero-order valence-corrected chi connectivity index (χ0v) is 15.5. The lowest BCUT2D eigenvalue weighted by Crippen LogP contribution is -2.34. The van der Waals surface area contributed by atoms with Crippen molar-refractivity contribution in [1.29, 1.82) is 0 Å². The normalized spacial score (nSPS) is 19.0. The van der Waals surface area contributed by atoms with Crippen LogP contribution >= 0.6 is 0 Å². The molecule has 1 saturated heterocycles. The number of benzene rings is 2. The van der Waals surface area contributed by atoms with E-state index in [1.807, 2.05) is 31.2 Å². The molecule has 0 bridgehead atoms. The van der Waals surface area contributed by atoms with Gasteiger partial charge in [-0.05, 0) is 37.5 Å². The van der Waals surface area contributed by atoms with E-state index in [1.54, 1.807) is 4.31 Å². The van der Waals surface area contributed by atoms with Gasteiger partial charge in [0.1, 0.15) is 0 Å². The maximum atomic E-state index is 13.2. The Morgan fingerprint density at radius 2 is 1.65 bits per heavy atom. The summed E-state index contributed by atoms with van der Waals surface area (Å²) in [6.45, 7) is 2.46. The fourth-order valence-electron chi connectivity index (χ4n) is 3.37. The van der Waals surface area contributed by atoms with Gasteiger partial charge in [-0.15, -0.1) is 0 Å². The minimum absolute atomic E-state index is 0.0992. The van der Waals surface area contributed by atoms with Crippen molar-refractivity contribution in [3.8, 4) is 0 Å². The highest BCUT2D eigenvalue weighted by atomic mass is 32.2. The first kappa shape index (κ1) is 18.5. The molecule has 0 saturated carbocycles. The summed E-state index contributed by atoms with van der Waals surface area (Å²) >= 11 is 0. The lowest BCUT2D eigenvalue weighted by molar-refractivity contribution is -0.384. The van der Waals surface area contributed by atoms with Gasteiger partial charge in [0.25, 0.3) is 5.69 Å². The van der Waals surface area contributed by atoms with E-state index in [4.69, 9.17) is 0 Å². The summed E-state index contributed by atoms with van der Waals surface area (Å²) in [6, 6.07) is 12.9. The molecule has 0 N–H and O–H groups in total. The highest BCUT2D eigenvalue weighted by Gasteiger charge is 2.33. The van der Waals surface area contributed by atoms with Gasteiger partial charge in [0.15, 0.2) is 0 Å². The Labute approximate surface area is 153 Å². The summed E-state index contributed by atoms with van der Waals surface area (Å²) < 4.78 is 28.0. The number of hydrogen-bond acceptors (Lipinski definition) is 4. The molecule has 2 aromatic carbocycles. The minimum Gasteiger partial charge on any atom is -0.258 e. The summed E-state index contributed by atoms with van der Waals surface area (Å²) in [5, 5.41) is 10.8. The van der Waals surface area contributed by atoms with E-state index in [1.165, 1.54) is 24.3 Å². The number of nitrogens with zero attached hydrogens (tertiary/aromatic N) is 2. The van der Waals surface area contributed by atoms with E-state index in [0.29, 0.717) is 6.54 Å². The van der Waals surface area contributed by atoms with Crippen molar-refractivity contribution in [2.75, 3.05) is 6.54 Å². The van der Waals surface area contributed by atoms with Gasteiger partial charge < -0.3 is 0 Å². The monoisotopic (exact) mass is 374 g/mol. The Morgan fingerprint density at radius 3 is 2.27 bits per heavy atom. The molecule has 7 heteroatoms. The van der Waals surface area contributed by atoms with Crippen LogP contribution in [0.3, 0.4) is 0 Å². The smallest absolute Gasteiger partial charge is 0.258 e. The Bertz CT molecular complexity index is 877. The summed E-state index contributed by atoms with van der Waals surface area (Å²) in [5.74, 6) is 0. The van der Waals surface area contributed by atoms with Gasteiger partial charge in [-0.1, -0.05) is 42.7 Å². The van der Waals surface area contributed by atoms with Crippen LogP contribution in [0.25, 0.3) is 0 Å². The molecule has 0 aliphatic carbocycles. The van der Waals surface area contributed by atoms with Crippen LogP contribution in [0.15, 0.2) is 53.4 Å². The van der Waals surface area contributed by atoms with Crippen molar-refractivity contribution in [3.63, 3.8) is 0 Å². The van der Waals surface area contributed by atoms with Gasteiger partial charge in [-0.3, -0.25) is 10.1 Å². The van der Waals surface area contributed by atoms with E-state index in [2.05, 4.69) is 0 Å². The van der Waals surface area contributed by atoms with Crippen molar-refractivity contribution in [2.24, 2.45) is 0 Å². The fourth-order valence-corrected chi connectivity index (χ4v) is 5.05. The molecule has 1 aliphatic rings. The van der Waals surface area contributed by atoms with Gasteiger partial charge in [0.05, 0.1) is 15.9 Å². The zero-order chi connectivity index (χ0) is 18.7. The van der Waals surface area contributed by atoms with Gasteiger partial charge in [0.2, 0.25) is 10.0 Å². The molecule has 0 spiro atoms. The molecule has 138 valence electrons. The molecule has 0 aromatic heterocycles. The lowest BCUT2D eigenvalue weighted by Gasteiger charge is -2.29. The first-order valence-corrected chi connectivity index (χ1v) is 10.2. The van der Waals surface area contributed by atoms with Gasteiger partial charge in [-0.2, -0.15) is 4.31 Å². The number of hydrogen-bond donors (Lipinski definition) is 0. The maximum Gasteiger partial charge on any atom is 0.269 e. The first-order valence-electron chi connectivity index (χ1n) is 8.72. The average molecular weight is 374 g/mol. The SMILES string of the molecule is Cc1ccc([C@@H]2CCCCCN2S(=O)(=O)c2ccc([N+](=O)[O-])cc2)cc1. The molecule has 1 fully saturated rings. The van der Waals surface area contributed by atoms with Gasteiger partial charge in [-0.25, -0.2) is 8.42 Å². The third kappa shape index (κ3) is 3.78. The number of nitro benzene ring substituents is 1. The van der Waals surface area contributed by atoms with Crippen LogP contribution in [0, 0.1) is 17.0 Å². The van der Waals surface area contributed by atoms with Crippen LogP contribution in [0.5, 0.6) is 0 Å². The van der Waals surface area contributed by atoms with Crippen LogP contribution in [-0.4, -0.2) is 24.2 Å². The second-order valence-corrected chi connectivity index (χ2v) is 8.53. The zero-order valence-electron chi connectivity index (χ0n) is 14.7. The largest absolute Gasteiger partial charge is 0.269 e. The van der Waals surface area contributed by atoms with Crippen molar-refractivity contribution >= 4 is 15.7 Å². The number of aryl methyl sites for hydroxylation is 1. The molecular formula is C19H22N2O4S. The first-order chi connectivity index (χ1) is 12.4. The Balaban J connectivity index is 1.98. The molecule has 26 heavy (non-hydrogen) atoms. The number of non-ortho nitro benzene ring substituents is 1. The predicted molar refractivity (Wildman–Crippen MR) is 99.4 cm³/mol. The highest BCUT2D eigenvalue weighted by molar-refractivity contribution is 7.89. The van der Waals surface area contributed by atoms with E-state index >= 15 is 0 Å². The fraction of sp³-hybridized carbons (Fsp3) is 0.368. The summed E-state index contributed by atoms with van der Waals surface area (Å²) in [7, 11) is -3.72. The second-order valence-electron chi connectivity index (χ2n) is 6.64. The molecular weight excluding hydrogens is 352 g/mol. The number of nitro groups is 1. The number of rotatable bonds is 4. The molecule has 6 nitrogen and oxygen atoms in total. The Kier molecular flexibility index (Phi) is 5.38. The topological polar surface area (TPSA) is 80.5 Å². The molecule has 2 aromatic rings. The van der Waals surface area contributed by atoms with Crippen LogP contribution in [0.4, 0.5) is 5.69 Å². The van der Waals surface area contributed by atoms with E-state index < -0.39 is 14.9 Å². The lowest BCUT2D eigenvalue weighted by atomic mass is 10.0. The number of sulfonamides is 1. The van der Waals surface area contributed by atoms with Gasteiger partial charge >= 0.3 is 0 Å². The molecule has 0 amide bonds. The van der Waals surface area contributed by atoms with Gasteiger partial charge in [0, 0.05) is 18.7 Å². The molecule has 0 radical (unpaired) electrons. The van der Waals surface area contributed by atoms with E-state index in [-0.39, 0.29) is 16.6 Å². The van der Waals surface area contributed by atoms with Crippen LogP contribution < -0.4 is 0 Å². The van der Waals surface area contributed by atoms with Crippen molar-refractivity contribution < 1.29 is 13.3 Å². The summed E-state index contributed by atoms with van der Waals surface area (Å²) in [5.41, 5.74) is 2.00. The van der Waals surface area contributed by atoms with E-state index in [0.717, 1.165) is 36.8 Å². The molecule has 1 atom stereocenters. The predicted octanol–water partition coefficient (Wildman–Crippen LogP) is 4.21. The molecule has 1 aliphatic heterocycles. The molecule has 0 unspecified atom stereocenters. The average Bonchev–Trinajstić information content (AvgIpc) is 2.89. The molecule has 3 rings (SSSR count). The van der Waals surface area contributed by atoms with Crippen LogP contribution in [0.1, 0.15) is 42.9 Å². The Morgan fingerprint density at radius 1 is 1.00 bits per heavy atom. The van der Waals surface area contributed by atoms with Crippen LogP contribution in [0.2, 0.25) is 0 Å². The highest BCUT2D eigenvalue weighted by Crippen LogP contribution is 2.35.